The summed E-state index contributed by atoms with van der Waals surface area (Å²) in [6.07, 6.45) is 2.57. The van der Waals surface area contributed by atoms with Crippen LogP contribution in [0.25, 0.3) is 0 Å². The minimum absolute atomic E-state index is 0.429. The smallest absolute Gasteiger partial charge is 0.128 e. The van der Waals surface area contributed by atoms with Gasteiger partial charge < -0.3 is 10.0 Å². The minimum Gasteiger partial charge on any atom is -0.389 e. The fourth-order valence-corrected chi connectivity index (χ4v) is 2.69. The summed E-state index contributed by atoms with van der Waals surface area (Å²) in [4.78, 5) is 6.75. The lowest BCUT2D eigenvalue weighted by molar-refractivity contribution is 0.199. The average molecular weight is 238 g/mol. The van der Waals surface area contributed by atoms with Crippen LogP contribution in [0.1, 0.15) is 25.0 Å². The third-order valence-corrected chi connectivity index (χ3v) is 3.85. The lowest BCUT2D eigenvalue weighted by Gasteiger charge is -2.21. The first-order valence-corrected chi connectivity index (χ1v) is 6.89. The van der Waals surface area contributed by atoms with E-state index >= 15 is 0 Å². The van der Waals surface area contributed by atoms with Gasteiger partial charge in [0.25, 0.3) is 0 Å². The van der Waals surface area contributed by atoms with Crippen molar-refractivity contribution >= 4 is 17.6 Å². The predicted octanol–water partition coefficient (Wildman–Crippen LogP) is 2.08. The lowest BCUT2D eigenvalue weighted by Crippen LogP contribution is -2.26. The van der Waals surface area contributed by atoms with Crippen LogP contribution in [-0.4, -0.2) is 34.7 Å². The highest BCUT2D eigenvalue weighted by atomic mass is 32.2. The van der Waals surface area contributed by atoms with Gasteiger partial charge in [-0.1, -0.05) is 6.07 Å². The number of thioether (sulfide) groups is 1. The van der Waals surface area contributed by atoms with Crippen molar-refractivity contribution < 1.29 is 5.11 Å². The van der Waals surface area contributed by atoms with Crippen molar-refractivity contribution in [3.05, 3.63) is 23.9 Å². The van der Waals surface area contributed by atoms with E-state index in [0.717, 1.165) is 24.5 Å². The highest BCUT2D eigenvalue weighted by molar-refractivity contribution is 7.99. The van der Waals surface area contributed by atoms with E-state index in [2.05, 4.69) is 9.88 Å². The summed E-state index contributed by atoms with van der Waals surface area (Å²) in [5.41, 5.74) is 0.882. The molecule has 0 aliphatic carbocycles. The molecule has 0 bridgehead atoms. The number of pyridine rings is 1. The largest absolute Gasteiger partial charge is 0.389 e. The average Bonchev–Trinajstić information content (AvgIpc) is 2.57. The second-order valence-corrected chi connectivity index (χ2v) is 5.30. The standard InChI is InChI=1S/C12H18N2OS/c1-10(15)11-3-4-12(13-9-11)14-5-2-7-16-8-6-14/h3-4,9-10,15H,2,5-8H2,1H3/t10-/m1/s1. The molecule has 16 heavy (non-hydrogen) atoms. The quantitative estimate of drug-likeness (QED) is 0.856. The third-order valence-electron chi connectivity index (χ3n) is 2.80. The number of nitrogens with zero attached hydrogens (tertiary/aromatic N) is 2. The van der Waals surface area contributed by atoms with E-state index in [1.165, 1.54) is 17.9 Å². The fraction of sp³-hybridized carbons (Fsp3) is 0.583. The van der Waals surface area contributed by atoms with Crippen molar-refractivity contribution in [3.8, 4) is 0 Å². The Kier molecular flexibility index (Phi) is 4.07. The second-order valence-electron chi connectivity index (χ2n) is 4.08. The minimum atomic E-state index is -0.429. The normalized spacial score (nSPS) is 19.2. The van der Waals surface area contributed by atoms with Crippen LogP contribution in [0.4, 0.5) is 5.82 Å². The van der Waals surface area contributed by atoms with Gasteiger partial charge in [0.15, 0.2) is 0 Å². The van der Waals surface area contributed by atoms with Crippen LogP contribution < -0.4 is 4.90 Å². The van der Waals surface area contributed by atoms with E-state index in [1.54, 1.807) is 13.1 Å². The molecule has 2 rings (SSSR count). The third kappa shape index (κ3) is 2.89. The van der Waals surface area contributed by atoms with Gasteiger partial charge in [-0.15, -0.1) is 0 Å². The van der Waals surface area contributed by atoms with Crippen LogP contribution >= 0.6 is 11.8 Å². The fourth-order valence-electron chi connectivity index (χ4n) is 1.81. The van der Waals surface area contributed by atoms with Crippen molar-refractivity contribution in [3.63, 3.8) is 0 Å². The van der Waals surface area contributed by atoms with Gasteiger partial charge in [-0.3, -0.25) is 0 Å². The molecule has 1 aromatic heterocycles. The van der Waals surface area contributed by atoms with Crippen molar-refractivity contribution in [2.45, 2.75) is 19.4 Å². The van der Waals surface area contributed by atoms with Gasteiger partial charge >= 0.3 is 0 Å². The molecule has 0 amide bonds. The summed E-state index contributed by atoms with van der Waals surface area (Å²) in [6, 6.07) is 3.98. The number of aromatic nitrogens is 1. The molecule has 0 saturated carbocycles. The van der Waals surface area contributed by atoms with E-state index in [9.17, 15) is 5.11 Å². The Hall–Kier alpha value is -0.740. The van der Waals surface area contributed by atoms with Gasteiger partial charge in [-0.25, -0.2) is 4.98 Å². The summed E-state index contributed by atoms with van der Waals surface area (Å²) >= 11 is 2.01. The number of aliphatic hydroxyl groups is 1. The molecule has 88 valence electrons. The molecular weight excluding hydrogens is 220 g/mol. The Bertz CT molecular complexity index is 318. The Balaban J connectivity index is 2.07. The summed E-state index contributed by atoms with van der Waals surface area (Å²) in [5, 5.41) is 9.41. The molecule has 1 fully saturated rings. The molecule has 2 heterocycles. The maximum atomic E-state index is 9.41. The number of hydrogen-bond acceptors (Lipinski definition) is 4. The highest BCUT2D eigenvalue weighted by Crippen LogP contribution is 2.19. The summed E-state index contributed by atoms with van der Waals surface area (Å²) < 4.78 is 0. The van der Waals surface area contributed by atoms with Gasteiger partial charge in [0, 0.05) is 25.0 Å². The van der Waals surface area contributed by atoms with Gasteiger partial charge in [0.05, 0.1) is 6.10 Å². The number of anilines is 1. The molecule has 1 aromatic rings. The molecule has 0 unspecified atom stereocenters. The molecule has 1 saturated heterocycles. The number of aliphatic hydroxyl groups excluding tert-OH is 1. The molecule has 1 atom stereocenters. The van der Waals surface area contributed by atoms with Crippen LogP contribution in [0, 0.1) is 0 Å². The maximum absolute atomic E-state index is 9.41. The van der Waals surface area contributed by atoms with E-state index in [0.29, 0.717) is 0 Å². The van der Waals surface area contributed by atoms with Gasteiger partial charge in [-0.05, 0) is 30.7 Å². The topological polar surface area (TPSA) is 36.4 Å². The molecule has 0 aromatic carbocycles. The van der Waals surface area contributed by atoms with Crippen molar-refractivity contribution in [2.24, 2.45) is 0 Å². The molecule has 1 aliphatic rings. The predicted molar refractivity (Wildman–Crippen MR) is 69.0 cm³/mol. The zero-order chi connectivity index (χ0) is 11.4. The van der Waals surface area contributed by atoms with Gasteiger partial charge in [-0.2, -0.15) is 11.8 Å². The summed E-state index contributed by atoms with van der Waals surface area (Å²) in [6.45, 7) is 3.93. The first-order chi connectivity index (χ1) is 7.77. The monoisotopic (exact) mass is 238 g/mol. The van der Waals surface area contributed by atoms with Crippen molar-refractivity contribution in [1.82, 2.24) is 4.98 Å². The number of hydrogen-bond donors (Lipinski definition) is 1. The van der Waals surface area contributed by atoms with E-state index in [-0.39, 0.29) is 0 Å². The van der Waals surface area contributed by atoms with Gasteiger partial charge in [0.1, 0.15) is 5.82 Å². The van der Waals surface area contributed by atoms with E-state index in [4.69, 9.17) is 0 Å². The molecule has 4 heteroatoms. The highest BCUT2D eigenvalue weighted by Gasteiger charge is 2.11. The van der Waals surface area contributed by atoms with E-state index in [1.807, 2.05) is 23.9 Å². The van der Waals surface area contributed by atoms with Crippen LogP contribution in [0.15, 0.2) is 18.3 Å². The van der Waals surface area contributed by atoms with E-state index < -0.39 is 6.10 Å². The molecule has 1 N–H and O–H groups in total. The first kappa shape index (κ1) is 11.7. The molecule has 3 nitrogen and oxygen atoms in total. The van der Waals surface area contributed by atoms with Crippen LogP contribution in [-0.2, 0) is 0 Å². The Morgan fingerprint density at radius 1 is 1.38 bits per heavy atom. The lowest BCUT2D eigenvalue weighted by atomic mass is 10.2. The molecule has 0 spiro atoms. The van der Waals surface area contributed by atoms with Crippen LogP contribution in [0.2, 0.25) is 0 Å². The molecule has 1 aliphatic heterocycles. The SMILES string of the molecule is C[C@@H](O)c1ccc(N2CCCSCC2)nc1. The Morgan fingerprint density at radius 2 is 2.25 bits per heavy atom. The zero-order valence-electron chi connectivity index (χ0n) is 9.59. The number of rotatable bonds is 2. The summed E-state index contributed by atoms with van der Waals surface area (Å²) in [5.74, 6) is 3.47. The van der Waals surface area contributed by atoms with Crippen molar-refractivity contribution in [2.75, 3.05) is 29.5 Å². The Morgan fingerprint density at radius 3 is 2.94 bits per heavy atom. The zero-order valence-corrected chi connectivity index (χ0v) is 10.4. The maximum Gasteiger partial charge on any atom is 0.128 e. The Labute approximate surface area is 101 Å². The molecule has 0 radical (unpaired) electrons. The van der Waals surface area contributed by atoms with Gasteiger partial charge in [0.2, 0.25) is 0 Å². The van der Waals surface area contributed by atoms with Crippen molar-refractivity contribution in [1.29, 1.82) is 0 Å². The second kappa shape index (κ2) is 5.55. The molecular formula is C12H18N2OS. The summed E-state index contributed by atoms with van der Waals surface area (Å²) in [7, 11) is 0. The van der Waals surface area contributed by atoms with Crippen LogP contribution in [0.3, 0.4) is 0 Å². The first-order valence-electron chi connectivity index (χ1n) is 5.74. The van der Waals surface area contributed by atoms with Crippen LogP contribution in [0.5, 0.6) is 0 Å².